The maximum absolute atomic E-state index is 11.8. The Morgan fingerprint density at radius 2 is 1.93 bits per heavy atom. The molecule has 6 nitrogen and oxygen atoms in total. The first kappa shape index (κ1) is 22.2. The minimum atomic E-state index is -0.0270. The minimum Gasteiger partial charge on any atom is -0.385 e. The molecule has 1 aliphatic rings. The highest BCUT2D eigenvalue weighted by Crippen LogP contribution is 2.43. The molecule has 3 N–H and O–H groups in total. The summed E-state index contributed by atoms with van der Waals surface area (Å²) in [6.07, 6.45) is 4.91. The third-order valence-electron chi connectivity index (χ3n) is 5.39. The van der Waals surface area contributed by atoms with Crippen LogP contribution in [-0.4, -0.2) is 38.7 Å². The summed E-state index contributed by atoms with van der Waals surface area (Å²) in [5.41, 5.74) is 2.28. The maximum Gasteiger partial charge on any atom is 0.226 e. The molecule has 1 amide bonds. The largest absolute Gasteiger partial charge is 0.385 e. The van der Waals surface area contributed by atoms with Crippen molar-refractivity contribution in [3.05, 3.63) is 29.8 Å². The first-order chi connectivity index (χ1) is 13.5. The number of methoxy groups -OCH3 is 1. The van der Waals surface area contributed by atoms with Crippen molar-refractivity contribution in [3.63, 3.8) is 0 Å². The topological polar surface area (TPSA) is 74.8 Å². The predicted octanol–water partition coefficient (Wildman–Crippen LogP) is 3.54. The molecule has 0 atom stereocenters. The molecule has 0 spiro atoms. The number of hydrogen-bond acceptors (Lipinski definition) is 3. The molecule has 0 heterocycles. The Kier molecular flexibility index (Phi) is 8.77. The molecule has 0 saturated heterocycles. The number of nitrogens with one attached hydrogen (secondary N) is 3. The van der Waals surface area contributed by atoms with Gasteiger partial charge in [0.05, 0.1) is 6.54 Å². The van der Waals surface area contributed by atoms with Crippen molar-refractivity contribution in [2.45, 2.75) is 53.0 Å². The Morgan fingerprint density at radius 3 is 2.46 bits per heavy atom. The second kappa shape index (κ2) is 11.1. The molecule has 0 aromatic heterocycles. The van der Waals surface area contributed by atoms with Crippen LogP contribution in [0.25, 0.3) is 0 Å². The lowest BCUT2D eigenvalue weighted by Gasteiger charge is -2.42. The lowest BCUT2D eigenvalue weighted by Crippen LogP contribution is -2.46. The molecular weight excluding hydrogens is 352 g/mol. The Bertz CT molecular complexity index is 636. The van der Waals surface area contributed by atoms with Crippen LogP contribution in [0.1, 0.15) is 52.0 Å². The third kappa shape index (κ3) is 6.82. The van der Waals surface area contributed by atoms with Crippen LogP contribution in [0.4, 0.5) is 5.69 Å². The van der Waals surface area contributed by atoms with Crippen molar-refractivity contribution in [2.24, 2.45) is 16.3 Å². The molecule has 156 valence electrons. The molecule has 0 aliphatic heterocycles. The van der Waals surface area contributed by atoms with Crippen LogP contribution >= 0.6 is 0 Å². The van der Waals surface area contributed by atoms with Gasteiger partial charge in [0.2, 0.25) is 5.91 Å². The SMILES string of the molecule is CCNC(=NCc1ccc(NC(=O)C(C)C)cc1)NCC1(CCOC)CCC1. The molecule has 6 heteroatoms. The van der Waals surface area contributed by atoms with Gasteiger partial charge < -0.3 is 20.7 Å². The maximum atomic E-state index is 11.8. The Balaban J connectivity index is 1.90. The summed E-state index contributed by atoms with van der Waals surface area (Å²) in [6, 6.07) is 7.88. The van der Waals surface area contributed by atoms with Crippen molar-refractivity contribution in [3.8, 4) is 0 Å². The molecular formula is C22H36N4O2. The molecule has 1 aromatic rings. The lowest BCUT2D eigenvalue weighted by atomic mass is 9.67. The normalized spacial score (nSPS) is 15.8. The number of benzene rings is 1. The van der Waals surface area contributed by atoms with Gasteiger partial charge in [0.25, 0.3) is 0 Å². The van der Waals surface area contributed by atoms with Gasteiger partial charge in [-0.1, -0.05) is 32.4 Å². The van der Waals surface area contributed by atoms with Gasteiger partial charge in [-0.05, 0) is 49.3 Å². The second-order valence-corrected chi connectivity index (χ2v) is 7.99. The predicted molar refractivity (Wildman–Crippen MR) is 116 cm³/mol. The van der Waals surface area contributed by atoms with Gasteiger partial charge in [-0.3, -0.25) is 4.79 Å². The highest BCUT2D eigenvalue weighted by Gasteiger charge is 2.36. The molecule has 1 aromatic carbocycles. The fourth-order valence-electron chi connectivity index (χ4n) is 3.27. The van der Waals surface area contributed by atoms with Crippen LogP contribution < -0.4 is 16.0 Å². The Morgan fingerprint density at radius 1 is 1.21 bits per heavy atom. The van der Waals surface area contributed by atoms with Crippen LogP contribution in [0.15, 0.2) is 29.3 Å². The summed E-state index contributed by atoms with van der Waals surface area (Å²) in [4.78, 5) is 16.5. The summed E-state index contributed by atoms with van der Waals surface area (Å²) in [6.45, 7) is 9.02. The van der Waals surface area contributed by atoms with E-state index in [1.807, 2.05) is 38.1 Å². The van der Waals surface area contributed by atoms with Crippen LogP contribution in [0, 0.1) is 11.3 Å². The number of ether oxygens (including phenoxy) is 1. The van der Waals surface area contributed by atoms with Crippen molar-refractivity contribution >= 4 is 17.6 Å². The van der Waals surface area contributed by atoms with Gasteiger partial charge in [-0.2, -0.15) is 0 Å². The zero-order valence-electron chi connectivity index (χ0n) is 17.8. The van der Waals surface area contributed by atoms with Crippen molar-refractivity contribution < 1.29 is 9.53 Å². The quantitative estimate of drug-likeness (QED) is 0.423. The standard InChI is InChI=1S/C22H36N4O2/c1-5-23-21(25-16-22(11-6-12-22)13-14-28-4)24-15-18-7-9-19(10-8-18)26-20(27)17(2)3/h7-10,17H,5-6,11-16H2,1-4H3,(H,26,27)(H2,23,24,25). The number of aliphatic imine (C=N–C) groups is 1. The number of carbonyl (C=O) groups is 1. The molecule has 0 radical (unpaired) electrons. The fraction of sp³-hybridized carbons (Fsp3) is 0.636. The molecule has 2 rings (SSSR count). The van der Waals surface area contributed by atoms with E-state index in [2.05, 4.69) is 22.9 Å². The average molecular weight is 389 g/mol. The van der Waals surface area contributed by atoms with E-state index in [4.69, 9.17) is 9.73 Å². The minimum absolute atomic E-state index is 0.0270. The van der Waals surface area contributed by atoms with E-state index in [1.165, 1.54) is 19.3 Å². The molecule has 1 fully saturated rings. The van der Waals surface area contributed by atoms with E-state index in [1.54, 1.807) is 7.11 Å². The number of guanidine groups is 1. The molecule has 0 bridgehead atoms. The van der Waals surface area contributed by atoms with E-state index in [0.29, 0.717) is 12.0 Å². The Labute approximate surface area is 169 Å². The number of anilines is 1. The molecule has 28 heavy (non-hydrogen) atoms. The monoisotopic (exact) mass is 388 g/mol. The van der Waals surface area contributed by atoms with Crippen molar-refractivity contribution in [1.82, 2.24) is 10.6 Å². The van der Waals surface area contributed by atoms with Gasteiger partial charge in [0.1, 0.15) is 0 Å². The van der Waals surface area contributed by atoms with E-state index < -0.39 is 0 Å². The summed E-state index contributed by atoms with van der Waals surface area (Å²) in [7, 11) is 1.77. The van der Waals surface area contributed by atoms with Crippen molar-refractivity contribution in [1.29, 1.82) is 0 Å². The van der Waals surface area contributed by atoms with Gasteiger partial charge in [0, 0.05) is 38.4 Å². The van der Waals surface area contributed by atoms with E-state index in [-0.39, 0.29) is 11.8 Å². The highest BCUT2D eigenvalue weighted by molar-refractivity contribution is 5.92. The number of carbonyl (C=O) groups excluding carboxylic acids is 1. The third-order valence-corrected chi connectivity index (χ3v) is 5.39. The van der Waals surface area contributed by atoms with Crippen LogP contribution in [0.3, 0.4) is 0 Å². The number of amides is 1. The summed E-state index contributed by atoms with van der Waals surface area (Å²) in [5, 5.41) is 9.76. The number of rotatable bonds is 10. The van der Waals surface area contributed by atoms with E-state index >= 15 is 0 Å². The molecule has 1 aliphatic carbocycles. The van der Waals surface area contributed by atoms with Crippen LogP contribution in [0.2, 0.25) is 0 Å². The van der Waals surface area contributed by atoms with Crippen LogP contribution in [-0.2, 0) is 16.1 Å². The first-order valence-corrected chi connectivity index (χ1v) is 10.4. The lowest BCUT2D eigenvalue weighted by molar-refractivity contribution is -0.118. The Hall–Kier alpha value is -2.08. The highest BCUT2D eigenvalue weighted by atomic mass is 16.5. The van der Waals surface area contributed by atoms with Crippen molar-refractivity contribution in [2.75, 3.05) is 32.1 Å². The first-order valence-electron chi connectivity index (χ1n) is 10.4. The van der Waals surface area contributed by atoms with Gasteiger partial charge in [0.15, 0.2) is 5.96 Å². The van der Waals surface area contributed by atoms with Crippen LogP contribution in [0.5, 0.6) is 0 Å². The zero-order valence-corrected chi connectivity index (χ0v) is 17.8. The summed E-state index contributed by atoms with van der Waals surface area (Å²) in [5.74, 6) is 0.854. The van der Waals surface area contributed by atoms with Gasteiger partial charge in [-0.25, -0.2) is 4.99 Å². The van der Waals surface area contributed by atoms with E-state index in [9.17, 15) is 4.79 Å². The second-order valence-electron chi connectivity index (χ2n) is 7.99. The van der Waals surface area contributed by atoms with Gasteiger partial charge >= 0.3 is 0 Å². The summed E-state index contributed by atoms with van der Waals surface area (Å²) >= 11 is 0. The zero-order chi connectivity index (χ0) is 20.4. The molecule has 1 saturated carbocycles. The average Bonchev–Trinajstić information content (AvgIpc) is 2.65. The fourth-order valence-corrected chi connectivity index (χ4v) is 3.27. The smallest absolute Gasteiger partial charge is 0.226 e. The molecule has 0 unspecified atom stereocenters. The number of nitrogens with zero attached hydrogens (tertiary/aromatic N) is 1. The van der Waals surface area contributed by atoms with Gasteiger partial charge in [-0.15, -0.1) is 0 Å². The number of hydrogen-bond donors (Lipinski definition) is 3. The summed E-state index contributed by atoms with van der Waals surface area (Å²) < 4.78 is 5.28. The van der Waals surface area contributed by atoms with E-state index in [0.717, 1.165) is 43.3 Å².